The Kier molecular flexibility index (Phi) is 5.31. The Labute approximate surface area is 129 Å². The van der Waals surface area contributed by atoms with E-state index >= 15 is 0 Å². The third kappa shape index (κ3) is 3.93. The Hall–Kier alpha value is -2.17. The molecule has 0 aliphatic heterocycles. The van der Waals surface area contributed by atoms with Crippen molar-refractivity contribution in [2.45, 2.75) is 38.6 Å². The zero-order valence-electron chi connectivity index (χ0n) is 12.7. The molecule has 1 saturated carbocycles. The molecule has 2 amide bonds. The Morgan fingerprint density at radius 3 is 2.55 bits per heavy atom. The van der Waals surface area contributed by atoms with Gasteiger partial charge in [0.15, 0.2) is 0 Å². The maximum Gasteiger partial charge on any atom is 0.247 e. The van der Waals surface area contributed by atoms with Crippen LogP contribution in [0.25, 0.3) is 5.57 Å². The van der Waals surface area contributed by atoms with Crippen molar-refractivity contribution in [3.05, 3.63) is 41.7 Å². The quantitative estimate of drug-likeness (QED) is 0.849. The standard InChI is InChI=1S/C17H21FN2O2/c1-12(14-8-4-5-9-15(14)18)10-17(22)20(11-16(19)21)13-6-2-3-7-13/h4-5,8-10,13H,2-3,6-7,11H2,1H3,(H2,19,21). The van der Waals surface area contributed by atoms with Crippen LogP contribution in [0, 0.1) is 5.82 Å². The highest BCUT2D eigenvalue weighted by Gasteiger charge is 2.26. The summed E-state index contributed by atoms with van der Waals surface area (Å²) in [6.07, 6.45) is 5.24. The topological polar surface area (TPSA) is 63.4 Å². The maximum absolute atomic E-state index is 13.8. The summed E-state index contributed by atoms with van der Waals surface area (Å²) in [6, 6.07) is 6.35. The zero-order valence-corrected chi connectivity index (χ0v) is 12.7. The normalized spacial score (nSPS) is 15.8. The molecule has 0 unspecified atom stereocenters. The molecule has 22 heavy (non-hydrogen) atoms. The second-order valence-electron chi connectivity index (χ2n) is 5.68. The molecule has 1 aliphatic carbocycles. The lowest BCUT2D eigenvalue weighted by Gasteiger charge is -2.26. The van der Waals surface area contributed by atoms with E-state index in [9.17, 15) is 14.0 Å². The largest absolute Gasteiger partial charge is 0.368 e. The summed E-state index contributed by atoms with van der Waals surface area (Å²) >= 11 is 0. The average Bonchev–Trinajstić information content (AvgIpc) is 2.98. The van der Waals surface area contributed by atoms with E-state index in [1.165, 1.54) is 17.0 Å². The van der Waals surface area contributed by atoms with Gasteiger partial charge in [0.05, 0.1) is 6.54 Å². The summed E-state index contributed by atoms with van der Waals surface area (Å²) in [7, 11) is 0. The molecule has 118 valence electrons. The van der Waals surface area contributed by atoms with Gasteiger partial charge in [-0.25, -0.2) is 4.39 Å². The van der Waals surface area contributed by atoms with E-state index in [1.807, 2.05) is 0 Å². The van der Waals surface area contributed by atoms with Gasteiger partial charge < -0.3 is 10.6 Å². The molecule has 1 aliphatic rings. The number of nitrogens with zero attached hydrogens (tertiary/aromatic N) is 1. The number of carbonyl (C=O) groups is 2. The minimum atomic E-state index is -0.530. The second kappa shape index (κ2) is 7.20. The molecule has 2 rings (SSSR count). The Balaban J connectivity index is 2.21. The molecular weight excluding hydrogens is 283 g/mol. The van der Waals surface area contributed by atoms with Crippen LogP contribution in [-0.2, 0) is 9.59 Å². The number of nitrogens with two attached hydrogens (primary N) is 1. The van der Waals surface area contributed by atoms with Crippen molar-refractivity contribution in [3.63, 3.8) is 0 Å². The first-order valence-electron chi connectivity index (χ1n) is 7.51. The number of primary amides is 1. The minimum Gasteiger partial charge on any atom is -0.368 e. The van der Waals surface area contributed by atoms with E-state index in [0.717, 1.165) is 25.7 Å². The van der Waals surface area contributed by atoms with Gasteiger partial charge in [-0.05, 0) is 31.4 Å². The van der Waals surface area contributed by atoms with Gasteiger partial charge in [-0.1, -0.05) is 31.0 Å². The molecule has 2 N–H and O–H groups in total. The highest BCUT2D eigenvalue weighted by molar-refractivity contribution is 5.97. The fraction of sp³-hybridized carbons (Fsp3) is 0.412. The van der Waals surface area contributed by atoms with Crippen molar-refractivity contribution < 1.29 is 14.0 Å². The first-order valence-corrected chi connectivity index (χ1v) is 7.51. The van der Waals surface area contributed by atoms with Crippen LogP contribution in [0.3, 0.4) is 0 Å². The third-order valence-corrected chi connectivity index (χ3v) is 4.01. The average molecular weight is 304 g/mol. The number of carbonyl (C=O) groups excluding carboxylic acids is 2. The molecule has 0 saturated heterocycles. The summed E-state index contributed by atoms with van der Waals surface area (Å²) < 4.78 is 13.8. The van der Waals surface area contributed by atoms with E-state index in [-0.39, 0.29) is 24.3 Å². The van der Waals surface area contributed by atoms with Crippen LogP contribution in [0.15, 0.2) is 30.3 Å². The van der Waals surface area contributed by atoms with Crippen LogP contribution in [-0.4, -0.2) is 29.3 Å². The molecule has 1 aromatic carbocycles. The van der Waals surface area contributed by atoms with Crippen LogP contribution in [0.5, 0.6) is 0 Å². The van der Waals surface area contributed by atoms with E-state index in [2.05, 4.69) is 0 Å². The van der Waals surface area contributed by atoms with Crippen LogP contribution in [0.2, 0.25) is 0 Å². The van der Waals surface area contributed by atoms with Crippen LogP contribution < -0.4 is 5.73 Å². The SMILES string of the molecule is CC(=CC(=O)N(CC(N)=O)C1CCCC1)c1ccccc1F. The Morgan fingerprint density at radius 1 is 1.32 bits per heavy atom. The Bertz CT molecular complexity index is 592. The van der Waals surface area contributed by atoms with Crippen molar-refractivity contribution in [1.29, 1.82) is 0 Å². The lowest BCUT2D eigenvalue weighted by atomic mass is 10.1. The molecule has 5 heteroatoms. The van der Waals surface area contributed by atoms with Crippen molar-refractivity contribution in [1.82, 2.24) is 4.90 Å². The zero-order chi connectivity index (χ0) is 16.1. The summed E-state index contributed by atoms with van der Waals surface area (Å²) in [5, 5.41) is 0. The molecule has 0 radical (unpaired) electrons. The summed E-state index contributed by atoms with van der Waals surface area (Å²) in [5.41, 5.74) is 6.18. The van der Waals surface area contributed by atoms with Crippen molar-refractivity contribution in [3.8, 4) is 0 Å². The summed E-state index contributed by atoms with van der Waals surface area (Å²) in [5.74, 6) is -1.19. The van der Waals surface area contributed by atoms with E-state index in [1.54, 1.807) is 25.1 Å². The first kappa shape index (κ1) is 16.2. The molecule has 0 heterocycles. The molecule has 0 aromatic heterocycles. The van der Waals surface area contributed by atoms with Crippen LogP contribution >= 0.6 is 0 Å². The van der Waals surface area contributed by atoms with Gasteiger partial charge in [0.1, 0.15) is 5.82 Å². The van der Waals surface area contributed by atoms with Gasteiger partial charge in [-0.2, -0.15) is 0 Å². The highest BCUT2D eigenvalue weighted by atomic mass is 19.1. The molecule has 0 spiro atoms. The predicted octanol–water partition coefficient (Wildman–Crippen LogP) is 2.49. The molecule has 0 atom stereocenters. The fourth-order valence-electron chi connectivity index (χ4n) is 2.90. The fourth-order valence-corrected chi connectivity index (χ4v) is 2.90. The summed E-state index contributed by atoms with van der Waals surface area (Å²) in [4.78, 5) is 25.2. The van der Waals surface area contributed by atoms with E-state index in [4.69, 9.17) is 5.73 Å². The number of rotatable bonds is 5. The third-order valence-electron chi connectivity index (χ3n) is 4.01. The monoisotopic (exact) mass is 304 g/mol. The van der Waals surface area contributed by atoms with Gasteiger partial charge in [0.25, 0.3) is 0 Å². The lowest BCUT2D eigenvalue weighted by Crippen LogP contribution is -2.43. The molecule has 1 aromatic rings. The van der Waals surface area contributed by atoms with Crippen LogP contribution in [0.1, 0.15) is 38.2 Å². The molecule has 0 bridgehead atoms. The van der Waals surface area contributed by atoms with Gasteiger partial charge in [-0.15, -0.1) is 0 Å². The van der Waals surface area contributed by atoms with Gasteiger partial charge in [0.2, 0.25) is 11.8 Å². The smallest absolute Gasteiger partial charge is 0.247 e. The molecular formula is C17H21FN2O2. The van der Waals surface area contributed by atoms with Crippen LogP contribution in [0.4, 0.5) is 4.39 Å². The van der Waals surface area contributed by atoms with E-state index in [0.29, 0.717) is 11.1 Å². The van der Waals surface area contributed by atoms with Gasteiger partial charge in [0, 0.05) is 17.7 Å². The van der Waals surface area contributed by atoms with Gasteiger partial charge >= 0.3 is 0 Å². The number of halogens is 1. The minimum absolute atomic E-state index is 0.0460. The first-order chi connectivity index (χ1) is 10.5. The maximum atomic E-state index is 13.8. The van der Waals surface area contributed by atoms with Crippen molar-refractivity contribution in [2.75, 3.05) is 6.54 Å². The highest BCUT2D eigenvalue weighted by Crippen LogP contribution is 2.24. The summed E-state index contributed by atoms with van der Waals surface area (Å²) in [6.45, 7) is 1.60. The molecule has 1 fully saturated rings. The number of hydrogen-bond acceptors (Lipinski definition) is 2. The Morgan fingerprint density at radius 2 is 1.95 bits per heavy atom. The number of amides is 2. The number of allylic oxidation sites excluding steroid dienone is 1. The van der Waals surface area contributed by atoms with E-state index < -0.39 is 5.91 Å². The van der Waals surface area contributed by atoms with Gasteiger partial charge in [-0.3, -0.25) is 9.59 Å². The second-order valence-corrected chi connectivity index (χ2v) is 5.68. The van der Waals surface area contributed by atoms with Crippen molar-refractivity contribution in [2.24, 2.45) is 5.73 Å². The lowest BCUT2D eigenvalue weighted by molar-refractivity contribution is -0.133. The number of benzene rings is 1. The number of hydrogen-bond donors (Lipinski definition) is 1. The van der Waals surface area contributed by atoms with Crippen molar-refractivity contribution >= 4 is 17.4 Å². The predicted molar refractivity (Wildman–Crippen MR) is 83.2 cm³/mol. The molecule has 4 nitrogen and oxygen atoms in total.